The first-order valence-electron chi connectivity index (χ1n) is 5.40. The first-order chi connectivity index (χ1) is 7.88. The molecule has 1 aliphatic rings. The largest absolute Gasteiger partial charge is 0.491 e. The van der Waals surface area contributed by atoms with Gasteiger partial charge in [0.05, 0.1) is 19.8 Å². The van der Waals surface area contributed by atoms with Crippen LogP contribution in [-0.2, 0) is 16.1 Å². The van der Waals surface area contributed by atoms with Gasteiger partial charge in [0.25, 0.3) is 0 Å². The van der Waals surface area contributed by atoms with E-state index in [-0.39, 0.29) is 0 Å². The lowest BCUT2D eigenvalue weighted by molar-refractivity contribution is 0.148. The average molecular weight is 220 g/mol. The van der Waals surface area contributed by atoms with Crippen molar-refractivity contribution < 1.29 is 14.2 Å². The van der Waals surface area contributed by atoms with Gasteiger partial charge in [0, 0.05) is 0 Å². The van der Waals surface area contributed by atoms with E-state index in [0.29, 0.717) is 25.9 Å². The number of epoxide rings is 1. The van der Waals surface area contributed by atoms with Crippen LogP contribution in [0.3, 0.4) is 0 Å². The summed E-state index contributed by atoms with van der Waals surface area (Å²) in [7, 11) is 0. The Balaban J connectivity index is 1.82. The van der Waals surface area contributed by atoms with Crippen molar-refractivity contribution in [1.82, 2.24) is 0 Å². The van der Waals surface area contributed by atoms with Crippen molar-refractivity contribution in [2.24, 2.45) is 0 Å². The molecule has 0 saturated carbocycles. The molecule has 16 heavy (non-hydrogen) atoms. The van der Waals surface area contributed by atoms with Crippen LogP contribution in [0.15, 0.2) is 36.9 Å². The minimum atomic E-state index is 0.292. The zero-order chi connectivity index (χ0) is 11.2. The molecule has 0 N–H and O–H groups in total. The molecule has 3 heteroatoms. The lowest BCUT2D eigenvalue weighted by Gasteiger charge is -2.06. The second kappa shape index (κ2) is 5.68. The highest BCUT2D eigenvalue weighted by atomic mass is 16.6. The predicted octanol–water partition coefficient (Wildman–Crippen LogP) is 2.17. The van der Waals surface area contributed by atoms with E-state index in [1.165, 1.54) is 0 Å². The van der Waals surface area contributed by atoms with E-state index >= 15 is 0 Å². The number of rotatable bonds is 7. The van der Waals surface area contributed by atoms with Gasteiger partial charge in [0.15, 0.2) is 0 Å². The van der Waals surface area contributed by atoms with Crippen molar-refractivity contribution >= 4 is 0 Å². The molecular weight excluding hydrogens is 204 g/mol. The standard InChI is InChI=1S/C13H16O3/c1-2-6-14-8-11-4-3-5-12(7-11)15-9-13-10-16-13/h2-5,7,13H,1,6,8-10H2. The van der Waals surface area contributed by atoms with Gasteiger partial charge in [-0.3, -0.25) is 0 Å². The van der Waals surface area contributed by atoms with Gasteiger partial charge >= 0.3 is 0 Å². The van der Waals surface area contributed by atoms with E-state index in [2.05, 4.69) is 6.58 Å². The van der Waals surface area contributed by atoms with Crippen LogP contribution < -0.4 is 4.74 Å². The summed E-state index contributed by atoms with van der Waals surface area (Å²) in [5.41, 5.74) is 1.11. The highest BCUT2D eigenvalue weighted by molar-refractivity contribution is 5.28. The highest BCUT2D eigenvalue weighted by Gasteiger charge is 2.22. The van der Waals surface area contributed by atoms with E-state index in [0.717, 1.165) is 17.9 Å². The van der Waals surface area contributed by atoms with E-state index in [4.69, 9.17) is 14.2 Å². The summed E-state index contributed by atoms with van der Waals surface area (Å²) < 4.78 is 16.0. The monoisotopic (exact) mass is 220 g/mol. The van der Waals surface area contributed by atoms with Crippen molar-refractivity contribution in [1.29, 1.82) is 0 Å². The third-order valence-corrected chi connectivity index (χ3v) is 2.24. The van der Waals surface area contributed by atoms with Gasteiger partial charge in [-0.2, -0.15) is 0 Å². The Labute approximate surface area is 95.6 Å². The summed E-state index contributed by atoms with van der Waals surface area (Å²) in [5, 5.41) is 0. The molecule has 0 spiro atoms. The van der Waals surface area contributed by atoms with Gasteiger partial charge in [0.2, 0.25) is 0 Å². The molecule has 0 bridgehead atoms. The lowest BCUT2D eigenvalue weighted by atomic mass is 10.2. The molecule has 3 nitrogen and oxygen atoms in total. The molecule has 1 saturated heterocycles. The van der Waals surface area contributed by atoms with Crippen LogP contribution >= 0.6 is 0 Å². The summed E-state index contributed by atoms with van der Waals surface area (Å²) in [5.74, 6) is 0.871. The second-order valence-electron chi connectivity index (χ2n) is 3.72. The fourth-order valence-corrected chi connectivity index (χ4v) is 1.34. The lowest BCUT2D eigenvalue weighted by Crippen LogP contribution is -2.04. The number of ether oxygens (including phenoxy) is 3. The zero-order valence-electron chi connectivity index (χ0n) is 9.22. The van der Waals surface area contributed by atoms with Gasteiger partial charge in [-0.15, -0.1) is 6.58 Å². The zero-order valence-corrected chi connectivity index (χ0v) is 9.22. The Morgan fingerprint density at radius 2 is 2.38 bits per heavy atom. The van der Waals surface area contributed by atoms with Crippen molar-refractivity contribution in [3.05, 3.63) is 42.5 Å². The van der Waals surface area contributed by atoms with Crippen molar-refractivity contribution in [2.45, 2.75) is 12.7 Å². The van der Waals surface area contributed by atoms with Crippen LogP contribution in [0.2, 0.25) is 0 Å². The van der Waals surface area contributed by atoms with Crippen molar-refractivity contribution in [3.63, 3.8) is 0 Å². The SMILES string of the molecule is C=CCOCc1cccc(OCC2CO2)c1. The molecular formula is C13H16O3. The Kier molecular flexibility index (Phi) is 3.97. The molecule has 0 radical (unpaired) electrons. The van der Waals surface area contributed by atoms with Crippen LogP contribution in [0.25, 0.3) is 0 Å². The van der Waals surface area contributed by atoms with E-state index in [1.807, 2.05) is 24.3 Å². The molecule has 1 aliphatic heterocycles. The third kappa shape index (κ3) is 3.68. The van der Waals surface area contributed by atoms with Crippen LogP contribution in [0, 0.1) is 0 Å². The molecule has 1 atom stereocenters. The molecule has 0 aliphatic carbocycles. The first-order valence-corrected chi connectivity index (χ1v) is 5.40. The first kappa shape index (κ1) is 11.2. The van der Waals surface area contributed by atoms with E-state index in [1.54, 1.807) is 6.08 Å². The molecule has 0 aromatic heterocycles. The van der Waals surface area contributed by atoms with Crippen LogP contribution in [-0.4, -0.2) is 25.9 Å². The molecule has 0 amide bonds. The smallest absolute Gasteiger partial charge is 0.119 e. The third-order valence-electron chi connectivity index (χ3n) is 2.24. The van der Waals surface area contributed by atoms with Gasteiger partial charge in [-0.1, -0.05) is 18.2 Å². The molecule has 2 rings (SSSR count). The summed E-state index contributed by atoms with van der Waals surface area (Å²) >= 11 is 0. The second-order valence-corrected chi connectivity index (χ2v) is 3.72. The fraction of sp³-hybridized carbons (Fsp3) is 0.385. The summed E-state index contributed by atoms with van der Waals surface area (Å²) in [6.45, 7) is 6.22. The maximum Gasteiger partial charge on any atom is 0.119 e. The molecule has 1 unspecified atom stereocenters. The maximum absolute atomic E-state index is 5.58. The number of benzene rings is 1. The van der Waals surface area contributed by atoms with Crippen LogP contribution in [0.5, 0.6) is 5.75 Å². The average Bonchev–Trinajstić information content (AvgIpc) is 3.11. The van der Waals surface area contributed by atoms with Crippen LogP contribution in [0.1, 0.15) is 5.56 Å². The summed E-state index contributed by atoms with van der Waals surface area (Å²) in [4.78, 5) is 0. The Bertz CT molecular complexity index is 345. The van der Waals surface area contributed by atoms with Crippen molar-refractivity contribution in [2.75, 3.05) is 19.8 Å². The predicted molar refractivity (Wildman–Crippen MR) is 61.5 cm³/mol. The highest BCUT2D eigenvalue weighted by Crippen LogP contribution is 2.17. The summed E-state index contributed by atoms with van der Waals surface area (Å²) in [6, 6.07) is 7.92. The molecule has 1 heterocycles. The molecule has 1 aromatic carbocycles. The normalized spacial score (nSPS) is 18.1. The van der Waals surface area contributed by atoms with Gasteiger partial charge < -0.3 is 14.2 Å². The van der Waals surface area contributed by atoms with Crippen molar-refractivity contribution in [3.8, 4) is 5.75 Å². The Morgan fingerprint density at radius 1 is 1.50 bits per heavy atom. The quantitative estimate of drug-likeness (QED) is 0.401. The Hall–Kier alpha value is -1.32. The maximum atomic E-state index is 5.58. The number of hydrogen-bond donors (Lipinski definition) is 0. The fourth-order valence-electron chi connectivity index (χ4n) is 1.34. The van der Waals surface area contributed by atoms with E-state index < -0.39 is 0 Å². The molecule has 1 aromatic rings. The molecule has 86 valence electrons. The minimum absolute atomic E-state index is 0.292. The van der Waals surface area contributed by atoms with Gasteiger partial charge in [-0.05, 0) is 17.7 Å². The summed E-state index contributed by atoms with van der Waals surface area (Å²) in [6.07, 6.45) is 2.03. The van der Waals surface area contributed by atoms with Gasteiger partial charge in [0.1, 0.15) is 18.5 Å². The van der Waals surface area contributed by atoms with Gasteiger partial charge in [-0.25, -0.2) is 0 Å². The minimum Gasteiger partial charge on any atom is -0.491 e. The molecule has 1 fully saturated rings. The van der Waals surface area contributed by atoms with E-state index in [9.17, 15) is 0 Å². The van der Waals surface area contributed by atoms with Crippen LogP contribution in [0.4, 0.5) is 0 Å². The topological polar surface area (TPSA) is 31.0 Å². The Morgan fingerprint density at radius 3 is 3.12 bits per heavy atom. The number of hydrogen-bond acceptors (Lipinski definition) is 3.